The van der Waals surface area contributed by atoms with E-state index in [1.165, 1.54) is 6.07 Å². The van der Waals surface area contributed by atoms with Gasteiger partial charge in [-0.3, -0.25) is 10.1 Å². The maximum absolute atomic E-state index is 11.3. The predicted octanol–water partition coefficient (Wildman–Crippen LogP) is 1.29. The molecule has 19 heavy (non-hydrogen) atoms. The van der Waals surface area contributed by atoms with Crippen molar-refractivity contribution in [3.8, 4) is 0 Å². The minimum atomic E-state index is -2.88. The second-order valence-corrected chi connectivity index (χ2v) is 6.93. The van der Waals surface area contributed by atoms with E-state index in [0.29, 0.717) is 24.4 Å². The highest BCUT2D eigenvalue weighted by Crippen LogP contribution is 2.21. The highest BCUT2D eigenvalue weighted by molar-refractivity contribution is 7.91. The lowest BCUT2D eigenvalue weighted by Crippen LogP contribution is -2.32. The molecule has 1 aromatic heterocycles. The van der Waals surface area contributed by atoms with Crippen molar-refractivity contribution in [3.05, 3.63) is 27.9 Å². The molecule has 1 aromatic rings. The Labute approximate surface area is 111 Å². The molecule has 0 saturated carbocycles. The molecule has 1 saturated heterocycles. The molecule has 0 aliphatic carbocycles. The Morgan fingerprint density at radius 3 is 2.53 bits per heavy atom. The predicted molar refractivity (Wildman–Crippen MR) is 70.9 cm³/mol. The summed E-state index contributed by atoms with van der Waals surface area (Å²) in [5.41, 5.74) is 0.329. The van der Waals surface area contributed by atoms with Crippen LogP contribution in [0, 0.1) is 17.0 Å². The van der Waals surface area contributed by atoms with E-state index >= 15 is 0 Å². The molecule has 0 unspecified atom stereocenters. The molecule has 104 valence electrons. The minimum Gasteiger partial charge on any atom is -0.367 e. The van der Waals surface area contributed by atoms with Gasteiger partial charge in [-0.2, -0.15) is 0 Å². The van der Waals surface area contributed by atoms with Crippen molar-refractivity contribution in [2.24, 2.45) is 0 Å². The normalized spacial score (nSPS) is 19.0. The minimum absolute atomic E-state index is 0.0169. The first-order valence-corrected chi connectivity index (χ1v) is 7.78. The van der Waals surface area contributed by atoms with E-state index in [1.807, 2.05) is 0 Å². The standard InChI is InChI=1S/C11H15N3O4S/c1-8-10(14(15)16)2-3-11(12-8)13-9-4-6-19(17,18)7-5-9/h2-3,9H,4-7H2,1H3,(H,12,13). The number of nitro groups is 1. The number of rotatable bonds is 3. The van der Waals surface area contributed by atoms with Crippen LogP contribution in [0.1, 0.15) is 18.5 Å². The van der Waals surface area contributed by atoms with Gasteiger partial charge in [0.15, 0.2) is 0 Å². The lowest BCUT2D eigenvalue weighted by atomic mass is 10.1. The van der Waals surface area contributed by atoms with Gasteiger partial charge < -0.3 is 5.32 Å². The Morgan fingerprint density at radius 2 is 2.00 bits per heavy atom. The molecule has 1 fully saturated rings. The summed E-state index contributed by atoms with van der Waals surface area (Å²) in [7, 11) is -2.88. The van der Waals surface area contributed by atoms with Crippen molar-refractivity contribution < 1.29 is 13.3 Å². The summed E-state index contributed by atoms with van der Waals surface area (Å²) in [5, 5.41) is 13.8. The van der Waals surface area contributed by atoms with Crippen LogP contribution >= 0.6 is 0 Å². The SMILES string of the molecule is Cc1nc(NC2CCS(=O)(=O)CC2)ccc1[N+](=O)[O-]. The van der Waals surface area contributed by atoms with Crippen LogP contribution in [0.15, 0.2) is 12.1 Å². The molecule has 0 radical (unpaired) electrons. The molecule has 1 N–H and O–H groups in total. The van der Waals surface area contributed by atoms with E-state index in [9.17, 15) is 18.5 Å². The van der Waals surface area contributed by atoms with Gasteiger partial charge in [0.2, 0.25) is 0 Å². The molecular weight excluding hydrogens is 270 g/mol. The topological polar surface area (TPSA) is 102 Å². The summed E-state index contributed by atoms with van der Waals surface area (Å²) >= 11 is 0. The summed E-state index contributed by atoms with van der Waals surface area (Å²) in [6, 6.07) is 3.01. The molecule has 7 nitrogen and oxygen atoms in total. The van der Waals surface area contributed by atoms with Crippen LogP contribution in [-0.2, 0) is 9.84 Å². The maximum Gasteiger partial charge on any atom is 0.290 e. The van der Waals surface area contributed by atoms with Crippen LogP contribution < -0.4 is 5.32 Å². The first-order valence-electron chi connectivity index (χ1n) is 5.96. The zero-order valence-corrected chi connectivity index (χ0v) is 11.3. The number of nitrogens with zero attached hydrogens (tertiary/aromatic N) is 2. The van der Waals surface area contributed by atoms with Crippen LogP contribution in [0.3, 0.4) is 0 Å². The highest BCUT2D eigenvalue weighted by atomic mass is 32.2. The molecular formula is C11H15N3O4S. The van der Waals surface area contributed by atoms with Gasteiger partial charge in [-0.05, 0) is 25.8 Å². The van der Waals surface area contributed by atoms with Crippen LogP contribution in [0.25, 0.3) is 0 Å². The second kappa shape index (κ2) is 5.12. The van der Waals surface area contributed by atoms with Gasteiger partial charge in [0.25, 0.3) is 5.69 Å². The van der Waals surface area contributed by atoms with E-state index in [4.69, 9.17) is 0 Å². The Balaban J connectivity index is 2.04. The fraction of sp³-hybridized carbons (Fsp3) is 0.545. The average Bonchev–Trinajstić information content (AvgIpc) is 2.31. The van der Waals surface area contributed by atoms with Crippen LogP contribution in [-0.4, -0.2) is 35.9 Å². The Morgan fingerprint density at radius 1 is 1.37 bits per heavy atom. The third-order valence-corrected chi connectivity index (χ3v) is 4.88. The zero-order valence-electron chi connectivity index (χ0n) is 10.5. The molecule has 0 spiro atoms. The van der Waals surface area contributed by atoms with E-state index in [2.05, 4.69) is 10.3 Å². The maximum atomic E-state index is 11.3. The fourth-order valence-electron chi connectivity index (χ4n) is 2.07. The smallest absolute Gasteiger partial charge is 0.290 e. The van der Waals surface area contributed by atoms with Gasteiger partial charge in [-0.25, -0.2) is 13.4 Å². The summed E-state index contributed by atoms with van der Waals surface area (Å²) < 4.78 is 22.6. The van der Waals surface area contributed by atoms with Crippen LogP contribution in [0.2, 0.25) is 0 Å². The molecule has 0 bridgehead atoms. The summed E-state index contributed by atoms with van der Waals surface area (Å²) in [4.78, 5) is 14.3. The molecule has 0 atom stereocenters. The molecule has 1 aliphatic heterocycles. The van der Waals surface area contributed by atoms with Gasteiger partial charge in [-0.15, -0.1) is 0 Å². The number of hydrogen-bond acceptors (Lipinski definition) is 6. The van der Waals surface area contributed by atoms with Crippen molar-refractivity contribution in [1.29, 1.82) is 0 Å². The van der Waals surface area contributed by atoms with Gasteiger partial charge in [-0.1, -0.05) is 0 Å². The first kappa shape index (κ1) is 13.7. The number of sulfone groups is 1. The van der Waals surface area contributed by atoms with Crippen molar-refractivity contribution in [2.75, 3.05) is 16.8 Å². The molecule has 0 amide bonds. The molecule has 2 rings (SSSR count). The summed E-state index contributed by atoms with van der Waals surface area (Å²) in [5.74, 6) is 0.903. The van der Waals surface area contributed by atoms with Crippen molar-refractivity contribution in [3.63, 3.8) is 0 Å². The van der Waals surface area contributed by atoms with E-state index in [-0.39, 0.29) is 23.2 Å². The number of aryl methyl sites for hydroxylation is 1. The second-order valence-electron chi connectivity index (χ2n) is 4.63. The van der Waals surface area contributed by atoms with Crippen molar-refractivity contribution in [1.82, 2.24) is 4.98 Å². The van der Waals surface area contributed by atoms with Gasteiger partial charge in [0.1, 0.15) is 21.3 Å². The third-order valence-electron chi connectivity index (χ3n) is 3.16. The lowest BCUT2D eigenvalue weighted by molar-refractivity contribution is -0.385. The number of nitrogens with one attached hydrogen (secondary N) is 1. The quantitative estimate of drug-likeness (QED) is 0.663. The third kappa shape index (κ3) is 3.40. The number of anilines is 1. The van der Waals surface area contributed by atoms with Gasteiger partial charge >= 0.3 is 0 Å². The largest absolute Gasteiger partial charge is 0.367 e. The monoisotopic (exact) mass is 285 g/mol. The molecule has 8 heteroatoms. The summed E-state index contributed by atoms with van der Waals surface area (Å²) in [6.07, 6.45) is 1.08. The van der Waals surface area contributed by atoms with Gasteiger partial charge in [0, 0.05) is 12.1 Å². The van der Waals surface area contributed by atoms with E-state index in [0.717, 1.165) is 0 Å². The van der Waals surface area contributed by atoms with Crippen molar-refractivity contribution in [2.45, 2.75) is 25.8 Å². The number of hydrogen-bond donors (Lipinski definition) is 1. The average molecular weight is 285 g/mol. The molecule has 0 aromatic carbocycles. The summed E-state index contributed by atoms with van der Waals surface area (Å²) in [6.45, 7) is 1.58. The zero-order chi connectivity index (χ0) is 14.0. The Kier molecular flexibility index (Phi) is 3.70. The molecule has 1 aliphatic rings. The van der Waals surface area contributed by atoms with E-state index in [1.54, 1.807) is 13.0 Å². The van der Waals surface area contributed by atoms with Gasteiger partial charge in [0.05, 0.1) is 16.4 Å². The first-order chi connectivity index (χ1) is 8.87. The number of pyridine rings is 1. The highest BCUT2D eigenvalue weighted by Gasteiger charge is 2.24. The Bertz CT molecular complexity index is 586. The van der Waals surface area contributed by atoms with Crippen LogP contribution in [0.5, 0.6) is 0 Å². The van der Waals surface area contributed by atoms with Crippen molar-refractivity contribution >= 4 is 21.3 Å². The fourth-order valence-corrected chi connectivity index (χ4v) is 3.56. The van der Waals surface area contributed by atoms with E-state index < -0.39 is 14.8 Å². The lowest BCUT2D eigenvalue weighted by Gasteiger charge is -2.23. The van der Waals surface area contributed by atoms with Crippen LogP contribution in [0.4, 0.5) is 11.5 Å². The molecule has 2 heterocycles. The number of aromatic nitrogens is 1. The Hall–Kier alpha value is -1.70.